The largest absolute Gasteiger partial charge is 0.381 e. The first-order chi connectivity index (χ1) is 8.15. The van der Waals surface area contributed by atoms with E-state index in [9.17, 15) is 4.79 Å². The van der Waals surface area contributed by atoms with Crippen LogP contribution in [-0.4, -0.2) is 23.1 Å². The van der Waals surface area contributed by atoms with Crippen LogP contribution in [0.2, 0.25) is 0 Å². The summed E-state index contributed by atoms with van der Waals surface area (Å²) >= 11 is 6.99. The van der Waals surface area contributed by atoms with Crippen molar-refractivity contribution in [3.05, 3.63) is 33.2 Å². The summed E-state index contributed by atoms with van der Waals surface area (Å²) in [6.45, 7) is 2.32. The molecule has 1 aliphatic heterocycles. The fraction of sp³-hybridized carbons (Fsp3) is 0.583. The van der Waals surface area contributed by atoms with E-state index in [1.54, 1.807) is 16.7 Å². The van der Waals surface area contributed by atoms with Crippen molar-refractivity contribution < 1.29 is 4.74 Å². The molecule has 0 aromatic carbocycles. The van der Waals surface area contributed by atoms with Gasteiger partial charge in [-0.05, 0) is 34.8 Å². The van der Waals surface area contributed by atoms with Crippen molar-refractivity contribution >= 4 is 31.9 Å². The summed E-state index contributed by atoms with van der Waals surface area (Å²) in [6.07, 6.45) is 3.86. The Hall–Kier alpha value is -0.130. The highest BCUT2D eigenvalue weighted by molar-refractivity contribution is 9.10. The Morgan fingerprint density at radius 3 is 2.71 bits per heavy atom. The van der Waals surface area contributed by atoms with E-state index >= 15 is 0 Å². The molecule has 1 aliphatic rings. The number of rotatable bonds is 3. The Morgan fingerprint density at radius 2 is 2.06 bits per heavy atom. The van der Waals surface area contributed by atoms with E-state index in [1.807, 2.05) is 6.20 Å². The molecule has 1 fully saturated rings. The van der Waals surface area contributed by atoms with Gasteiger partial charge in [0.05, 0.1) is 0 Å². The Balaban J connectivity index is 2.23. The first kappa shape index (κ1) is 13.3. The van der Waals surface area contributed by atoms with Gasteiger partial charge in [0, 0.05) is 47.2 Å². The van der Waals surface area contributed by atoms with Crippen LogP contribution in [0, 0.1) is 5.41 Å². The number of hydrogen-bond acceptors (Lipinski definition) is 2. The highest BCUT2D eigenvalue weighted by Gasteiger charge is 2.32. The van der Waals surface area contributed by atoms with Gasteiger partial charge in [-0.15, -0.1) is 0 Å². The van der Waals surface area contributed by atoms with Gasteiger partial charge in [0.2, 0.25) is 0 Å². The Morgan fingerprint density at radius 1 is 1.35 bits per heavy atom. The molecule has 94 valence electrons. The molecule has 5 heteroatoms. The minimum atomic E-state index is 0.0556. The third-order valence-corrected chi connectivity index (χ3v) is 4.95. The van der Waals surface area contributed by atoms with E-state index in [2.05, 4.69) is 31.9 Å². The van der Waals surface area contributed by atoms with E-state index in [-0.39, 0.29) is 11.0 Å². The number of aromatic nitrogens is 1. The molecule has 1 aromatic rings. The summed E-state index contributed by atoms with van der Waals surface area (Å²) in [6, 6.07) is 3.38. The molecule has 0 N–H and O–H groups in total. The molecule has 0 atom stereocenters. The van der Waals surface area contributed by atoms with E-state index in [1.165, 1.54) is 0 Å². The van der Waals surface area contributed by atoms with Crippen molar-refractivity contribution in [1.82, 2.24) is 4.57 Å². The minimum Gasteiger partial charge on any atom is -0.381 e. The zero-order valence-corrected chi connectivity index (χ0v) is 12.7. The molecular formula is C12H15Br2NO2. The van der Waals surface area contributed by atoms with Crippen LogP contribution in [0.1, 0.15) is 12.8 Å². The van der Waals surface area contributed by atoms with Crippen molar-refractivity contribution in [2.45, 2.75) is 19.4 Å². The van der Waals surface area contributed by atoms with Gasteiger partial charge in [-0.3, -0.25) is 4.79 Å². The quantitative estimate of drug-likeness (QED) is 0.772. The molecule has 0 saturated carbocycles. The average Bonchev–Trinajstić information content (AvgIpc) is 2.35. The van der Waals surface area contributed by atoms with E-state index in [4.69, 9.17) is 4.74 Å². The van der Waals surface area contributed by atoms with Crippen LogP contribution in [-0.2, 0) is 11.3 Å². The predicted molar refractivity (Wildman–Crippen MR) is 74.7 cm³/mol. The molecule has 0 spiro atoms. The third kappa shape index (κ3) is 3.20. The fourth-order valence-electron chi connectivity index (χ4n) is 2.13. The number of alkyl halides is 1. The number of nitrogens with zero attached hydrogens (tertiary/aromatic N) is 1. The smallest absolute Gasteiger partial charge is 0.250 e. The molecule has 3 nitrogen and oxygen atoms in total. The number of halogens is 2. The lowest BCUT2D eigenvalue weighted by Crippen LogP contribution is -2.38. The molecule has 0 unspecified atom stereocenters. The summed E-state index contributed by atoms with van der Waals surface area (Å²) < 4.78 is 8.13. The topological polar surface area (TPSA) is 31.2 Å². The van der Waals surface area contributed by atoms with Gasteiger partial charge in [-0.25, -0.2) is 0 Å². The fourth-order valence-corrected chi connectivity index (χ4v) is 3.24. The molecule has 1 aromatic heterocycles. The summed E-state index contributed by atoms with van der Waals surface area (Å²) in [7, 11) is 0. The molecule has 2 rings (SSSR count). The Kier molecular flexibility index (Phi) is 4.44. The van der Waals surface area contributed by atoms with Crippen LogP contribution < -0.4 is 5.56 Å². The normalized spacial score (nSPS) is 19.2. The zero-order valence-electron chi connectivity index (χ0n) is 9.49. The van der Waals surface area contributed by atoms with Gasteiger partial charge in [0.15, 0.2) is 0 Å². The summed E-state index contributed by atoms with van der Waals surface area (Å²) in [4.78, 5) is 11.8. The van der Waals surface area contributed by atoms with Gasteiger partial charge in [0.1, 0.15) is 0 Å². The summed E-state index contributed by atoms with van der Waals surface area (Å²) in [5.41, 5.74) is 0.197. The van der Waals surface area contributed by atoms with E-state index in [0.29, 0.717) is 0 Å². The SMILES string of the molecule is O=c1ccc(Br)cn1CC1(CBr)CCOCC1. The highest BCUT2D eigenvalue weighted by atomic mass is 79.9. The second-order valence-electron chi connectivity index (χ2n) is 4.56. The van der Waals surface area contributed by atoms with Crippen LogP contribution in [0.15, 0.2) is 27.6 Å². The standard InChI is InChI=1S/C12H15Br2NO2/c13-8-12(3-5-17-6-4-12)9-15-7-10(14)1-2-11(15)16/h1-2,7H,3-6,8-9H2. The lowest BCUT2D eigenvalue weighted by Gasteiger charge is -2.36. The summed E-state index contributed by atoms with van der Waals surface area (Å²) in [5, 5.41) is 0.905. The molecule has 17 heavy (non-hydrogen) atoms. The molecule has 0 amide bonds. The maximum atomic E-state index is 11.8. The molecular weight excluding hydrogens is 350 g/mol. The van der Waals surface area contributed by atoms with Gasteiger partial charge in [-0.1, -0.05) is 15.9 Å². The number of hydrogen-bond donors (Lipinski definition) is 0. The molecule has 2 heterocycles. The lowest BCUT2D eigenvalue weighted by atomic mass is 9.82. The minimum absolute atomic E-state index is 0.0556. The molecule has 1 saturated heterocycles. The maximum absolute atomic E-state index is 11.8. The second kappa shape index (κ2) is 5.67. The highest BCUT2D eigenvalue weighted by Crippen LogP contribution is 2.34. The second-order valence-corrected chi connectivity index (χ2v) is 6.04. The van der Waals surface area contributed by atoms with Crippen LogP contribution in [0.3, 0.4) is 0 Å². The average molecular weight is 365 g/mol. The van der Waals surface area contributed by atoms with Crippen molar-refractivity contribution in [2.24, 2.45) is 5.41 Å². The lowest BCUT2D eigenvalue weighted by molar-refractivity contribution is 0.0181. The number of pyridine rings is 1. The van der Waals surface area contributed by atoms with Gasteiger partial charge in [0.25, 0.3) is 5.56 Å². The molecule has 0 radical (unpaired) electrons. The van der Waals surface area contributed by atoms with Crippen LogP contribution in [0.5, 0.6) is 0 Å². The zero-order chi connectivity index (χ0) is 12.3. The van der Waals surface area contributed by atoms with Crippen molar-refractivity contribution in [3.8, 4) is 0 Å². The Labute approximate surface area is 117 Å². The van der Waals surface area contributed by atoms with Crippen molar-refractivity contribution in [1.29, 1.82) is 0 Å². The summed E-state index contributed by atoms with van der Waals surface area (Å²) in [5.74, 6) is 0. The van der Waals surface area contributed by atoms with Crippen LogP contribution in [0.4, 0.5) is 0 Å². The van der Waals surface area contributed by atoms with Crippen molar-refractivity contribution in [3.63, 3.8) is 0 Å². The maximum Gasteiger partial charge on any atom is 0.250 e. The molecule has 0 aliphatic carbocycles. The van der Waals surface area contributed by atoms with E-state index < -0.39 is 0 Å². The van der Waals surface area contributed by atoms with Gasteiger partial charge in [-0.2, -0.15) is 0 Å². The number of ether oxygens (including phenoxy) is 1. The Bertz CT molecular complexity index is 438. The van der Waals surface area contributed by atoms with Gasteiger partial charge >= 0.3 is 0 Å². The molecule has 0 bridgehead atoms. The van der Waals surface area contributed by atoms with Crippen LogP contribution >= 0.6 is 31.9 Å². The first-order valence-corrected chi connectivity index (χ1v) is 7.56. The predicted octanol–water partition coefficient (Wildman–Crippen LogP) is 2.80. The van der Waals surface area contributed by atoms with E-state index in [0.717, 1.165) is 42.4 Å². The monoisotopic (exact) mass is 363 g/mol. The van der Waals surface area contributed by atoms with Crippen molar-refractivity contribution in [2.75, 3.05) is 18.5 Å². The first-order valence-electron chi connectivity index (χ1n) is 5.65. The third-order valence-electron chi connectivity index (χ3n) is 3.29. The van der Waals surface area contributed by atoms with Gasteiger partial charge < -0.3 is 9.30 Å². The van der Waals surface area contributed by atoms with Crippen LogP contribution in [0.25, 0.3) is 0 Å².